The van der Waals surface area contributed by atoms with Crippen molar-refractivity contribution < 1.29 is 36.3 Å². The molecule has 1 N–H and O–H groups in total. The zero-order valence-corrected chi connectivity index (χ0v) is 13.2. The molecule has 0 radical (unpaired) electrons. The molecule has 25 heavy (non-hydrogen) atoms. The van der Waals surface area contributed by atoms with Gasteiger partial charge in [-0.05, 0) is 25.1 Å². The molecule has 1 heterocycles. The number of halogens is 5. The minimum Gasteiger partial charge on any atom is -0.462 e. The van der Waals surface area contributed by atoms with Crippen molar-refractivity contribution in [2.45, 2.75) is 13.1 Å². The lowest BCUT2D eigenvalue weighted by molar-refractivity contribution is -0.141. The Labute approximate surface area is 141 Å². The fraction of sp³-hybridized carbons (Fsp3) is 0.214. The van der Waals surface area contributed by atoms with Crippen LogP contribution in [0.15, 0.2) is 18.2 Å². The smallest absolute Gasteiger partial charge is 0.435 e. The third kappa shape index (κ3) is 4.29. The van der Waals surface area contributed by atoms with Crippen LogP contribution in [0.1, 0.15) is 32.6 Å². The lowest BCUT2D eigenvalue weighted by Gasteiger charge is -2.05. The molecule has 0 aliphatic heterocycles. The maximum atomic E-state index is 13.5. The molecule has 11 heteroatoms. The predicted octanol–water partition coefficient (Wildman–Crippen LogP) is 3.87. The fourth-order valence-corrected chi connectivity index (χ4v) is 2.61. The summed E-state index contributed by atoms with van der Waals surface area (Å²) in [7, 11) is 0. The quantitative estimate of drug-likeness (QED) is 0.646. The van der Waals surface area contributed by atoms with E-state index in [0.29, 0.717) is 12.1 Å². The molecule has 1 aromatic carbocycles. The molecule has 0 saturated heterocycles. The summed E-state index contributed by atoms with van der Waals surface area (Å²) < 4.78 is 70.0. The molecule has 5 nitrogen and oxygen atoms in total. The highest BCUT2D eigenvalue weighted by Crippen LogP contribution is 2.36. The van der Waals surface area contributed by atoms with E-state index in [2.05, 4.69) is 9.72 Å². The standard InChI is InChI=1S/C14H9F5N2O3S/c1-2-24-12(23)9-10(14(17,18)19)20-13(25-9)21-11(22)7-5-6(15)3-4-8(7)16/h3-5H,2H2,1H3,(H,20,21,22). The SMILES string of the molecule is CCOC(=O)c1sc(NC(=O)c2cc(F)ccc2F)nc1C(F)(F)F. The molecule has 0 aliphatic rings. The molecular weight excluding hydrogens is 371 g/mol. The average Bonchev–Trinajstić information content (AvgIpc) is 2.94. The van der Waals surface area contributed by atoms with Gasteiger partial charge in [-0.15, -0.1) is 0 Å². The van der Waals surface area contributed by atoms with Crippen LogP contribution in [0.2, 0.25) is 0 Å². The molecule has 2 rings (SSSR count). The number of rotatable bonds is 4. The Kier molecular flexibility index (Phi) is 5.36. The number of nitrogens with zero attached hydrogens (tertiary/aromatic N) is 1. The Morgan fingerprint density at radius 3 is 2.56 bits per heavy atom. The van der Waals surface area contributed by atoms with Gasteiger partial charge < -0.3 is 4.74 Å². The van der Waals surface area contributed by atoms with Gasteiger partial charge in [-0.1, -0.05) is 11.3 Å². The molecule has 0 spiro atoms. The maximum absolute atomic E-state index is 13.5. The van der Waals surface area contributed by atoms with E-state index in [0.717, 1.165) is 6.07 Å². The number of carbonyl (C=O) groups excluding carboxylic acids is 2. The highest BCUT2D eigenvalue weighted by atomic mass is 32.1. The summed E-state index contributed by atoms with van der Waals surface area (Å²) in [5.41, 5.74) is -2.26. The van der Waals surface area contributed by atoms with E-state index in [-0.39, 0.29) is 17.9 Å². The first-order chi connectivity index (χ1) is 11.6. The van der Waals surface area contributed by atoms with E-state index in [1.54, 1.807) is 0 Å². The van der Waals surface area contributed by atoms with E-state index >= 15 is 0 Å². The molecule has 0 bridgehead atoms. The van der Waals surface area contributed by atoms with Gasteiger partial charge in [-0.25, -0.2) is 18.6 Å². The Morgan fingerprint density at radius 1 is 1.28 bits per heavy atom. The average molecular weight is 380 g/mol. The molecule has 0 saturated carbocycles. The molecule has 0 aliphatic carbocycles. The van der Waals surface area contributed by atoms with Crippen LogP contribution in [0, 0.1) is 11.6 Å². The van der Waals surface area contributed by atoms with Gasteiger partial charge in [0.15, 0.2) is 10.8 Å². The van der Waals surface area contributed by atoms with Gasteiger partial charge in [0.1, 0.15) is 16.5 Å². The van der Waals surface area contributed by atoms with Gasteiger partial charge in [0.2, 0.25) is 0 Å². The number of aromatic nitrogens is 1. The van der Waals surface area contributed by atoms with Gasteiger partial charge in [-0.3, -0.25) is 10.1 Å². The summed E-state index contributed by atoms with van der Waals surface area (Å²) in [6, 6.07) is 2.04. The lowest BCUT2D eigenvalue weighted by atomic mass is 10.2. The number of amides is 1. The molecule has 1 amide bonds. The Hall–Kier alpha value is -2.56. The minimum absolute atomic E-state index is 0.162. The van der Waals surface area contributed by atoms with Crippen LogP contribution in [0.4, 0.5) is 27.1 Å². The normalized spacial score (nSPS) is 11.3. The van der Waals surface area contributed by atoms with Crippen molar-refractivity contribution in [3.8, 4) is 0 Å². The van der Waals surface area contributed by atoms with Crippen LogP contribution in [0.5, 0.6) is 0 Å². The van der Waals surface area contributed by atoms with Gasteiger partial charge in [0, 0.05) is 0 Å². The van der Waals surface area contributed by atoms with Crippen LogP contribution in [0.3, 0.4) is 0 Å². The predicted molar refractivity (Wildman–Crippen MR) is 77.4 cm³/mol. The number of alkyl halides is 3. The third-order valence-electron chi connectivity index (χ3n) is 2.75. The molecule has 134 valence electrons. The summed E-state index contributed by atoms with van der Waals surface area (Å²) in [5.74, 6) is -4.45. The van der Waals surface area contributed by atoms with Gasteiger partial charge in [0.25, 0.3) is 5.91 Å². The van der Waals surface area contributed by atoms with Crippen molar-refractivity contribution in [1.82, 2.24) is 4.98 Å². The first-order valence-electron chi connectivity index (χ1n) is 6.65. The monoisotopic (exact) mass is 380 g/mol. The van der Waals surface area contributed by atoms with Crippen molar-refractivity contribution >= 4 is 28.3 Å². The summed E-state index contributed by atoms with van der Waals surface area (Å²) in [5, 5.41) is 1.30. The van der Waals surface area contributed by atoms with E-state index in [4.69, 9.17) is 0 Å². The number of thiazole rings is 1. The molecule has 0 atom stereocenters. The lowest BCUT2D eigenvalue weighted by Crippen LogP contribution is -2.15. The number of hydrogen-bond acceptors (Lipinski definition) is 5. The van der Waals surface area contributed by atoms with E-state index in [9.17, 15) is 31.5 Å². The number of carbonyl (C=O) groups is 2. The second-order valence-electron chi connectivity index (χ2n) is 4.49. The second-order valence-corrected chi connectivity index (χ2v) is 5.49. The van der Waals surface area contributed by atoms with E-state index in [1.807, 2.05) is 5.32 Å². The molecule has 0 fully saturated rings. The summed E-state index contributed by atoms with van der Waals surface area (Å²) in [6.45, 7) is 1.24. The van der Waals surface area contributed by atoms with E-state index < -0.39 is 51.0 Å². The summed E-state index contributed by atoms with van der Waals surface area (Å²) in [6.07, 6.45) is -4.97. The van der Waals surface area contributed by atoms with Crippen molar-refractivity contribution in [3.05, 3.63) is 46.0 Å². The molecule has 1 aromatic heterocycles. The van der Waals surface area contributed by atoms with Crippen molar-refractivity contribution in [2.75, 3.05) is 11.9 Å². The topological polar surface area (TPSA) is 68.3 Å². The van der Waals surface area contributed by atoms with Gasteiger partial charge >= 0.3 is 12.1 Å². The number of ether oxygens (including phenoxy) is 1. The number of nitrogens with one attached hydrogen (secondary N) is 1. The number of esters is 1. The van der Waals surface area contributed by atoms with Crippen LogP contribution in [-0.4, -0.2) is 23.5 Å². The highest BCUT2D eigenvalue weighted by Gasteiger charge is 2.40. The van der Waals surface area contributed by atoms with Gasteiger partial charge in [-0.2, -0.15) is 13.2 Å². The fourth-order valence-electron chi connectivity index (χ4n) is 1.74. The minimum atomic E-state index is -4.97. The Morgan fingerprint density at radius 2 is 1.96 bits per heavy atom. The second kappa shape index (κ2) is 7.13. The van der Waals surface area contributed by atoms with Crippen LogP contribution in [-0.2, 0) is 10.9 Å². The van der Waals surface area contributed by atoms with E-state index in [1.165, 1.54) is 6.92 Å². The third-order valence-corrected chi connectivity index (χ3v) is 3.70. The first-order valence-corrected chi connectivity index (χ1v) is 7.46. The first kappa shape index (κ1) is 18.8. The number of anilines is 1. The summed E-state index contributed by atoms with van der Waals surface area (Å²) in [4.78, 5) is 25.8. The zero-order chi connectivity index (χ0) is 18.8. The van der Waals surface area contributed by atoms with Crippen molar-refractivity contribution in [1.29, 1.82) is 0 Å². The van der Waals surface area contributed by atoms with Crippen LogP contribution in [0.25, 0.3) is 0 Å². The Balaban J connectivity index is 2.35. The summed E-state index contributed by atoms with van der Waals surface area (Å²) >= 11 is 0.214. The number of hydrogen-bond donors (Lipinski definition) is 1. The number of benzene rings is 1. The van der Waals surface area contributed by atoms with Gasteiger partial charge in [0.05, 0.1) is 12.2 Å². The van der Waals surface area contributed by atoms with Crippen LogP contribution < -0.4 is 5.32 Å². The maximum Gasteiger partial charge on any atom is 0.435 e. The van der Waals surface area contributed by atoms with Crippen molar-refractivity contribution in [2.24, 2.45) is 0 Å². The largest absolute Gasteiger partial charge is 0.462 e. The van der Waals surface area contributed by atoms with Crippen LogP contribution >= 0.6 is 11.3 Å². The molecular formula is C14H9F5N2O3S. The molecule has 0 unspecified atom stereocenters. The Bertz CT molecular complexity index is 819. The highest BCUT2D eigenvalue weighted by molar-refractivity contribution is 7.17. The zero-order valence-electron chi connectivity index (χ0n) is 12.4. The molecule has 2 aromatic rings. The van der Waals surface area contributed by atoms with Crippen molar-refractivity contribution in [3.63, 3.8) is 0 Å².